The number of carboxylic acid groups (broad SMARTS) is 2. The zero-order valence-corrected chi connectivity index (χ0v) is 13.1. The molecular weight excluding hydrogens is 374 g/mol. The van der Waals surface area contributed by atoms with Crippen molar-refractivity contribution in [2.75, 3.05) is 0 Å². The molecule has 0 saturated heterocycles. The molecular formula is C13H9LiN2O5Rh. The van der Waals surface area contributed by atoms with Gasteiger partial charge in [0.2, 0.25) is 0 Å². The smallest absolute Gasteiger partial charge is 1.00 e. The molecule has 0 fully saturated rings. The summed E-state index contributed by atoms with van der Waals surface area (Å²) >= 11 is 1.92. The second kappa shape index (κ2) is 14.0. The number of carboxylic acids is 2. The molecule has 2 rings (SSSR count). The summed E-state index contributed by atoms with van der Waals surface area (Å²) in [6.45, 7) is 0. The molecule has 111 valence electrons. The van der Waals surface area contributed by atoms with Crippen LogP contribution in [0, 0.1) is 0 Å². The first-order chi connectivity index (χ1) is 10.0. The van der Waals surface area contributed by atoms with E-state index in [1.165, 1.54) is 53.5 Å². The zero-order valence-electron chi connectivity index (χ0n) is 11.4. The van der Waals surface area contributed by atoms with Gasteiger partial charge in [-0.25, -0.2) is 4.79 Å². The van der Waals surface area contributed by atoms with E-state index in [-0.39, 0.29) is 30.0 Å². The minimum absolute atomic E-state index is 0. The minimum atomic E-state index is -1.17. The average molecular weight is 383 g/mol. The van der Waals surface area contributed by atoms with Crippen molar-refractivity contribution < 1.29 is 61.3 Å². The Bertz CT molecular complexity index is 555. The number of carbonyl (C=O) groups excluding carboxylic acids is 2. The van der Waals surface area contributed by atoms with Gasteiger partial charge >= 0.3 is 51.9 Å². The molecule has 2 aromatic heterocycles. The summed E-state index contributed by atoms with van der Waals surface area (Å²) in [5, 5.41) is 18.4. The maximum absolute atomic E-state index is 10.2. The Morgan fingerprint density at radius 3 is 1.50 bits per heavy atom. The van der Waals surface area contributed by atoms with Gasteiger partial charge in [0.1, 0.15) is 0 Å². The molecule has 0 aliphatic carbocycles. The van der Waals surface area contributed by atoms with Gasteiger partial charge in [0.25, 0.3) is 0 Å². The third-order valence-electron chi connectivity index (χ3n) is 1.84. The number of aromatic nitrogens is 2. The third-order valence-corrected chi connectivity index (χ3v) is 1.84. The van der Waals surface area contributed by atoms with Gasteiger partial charge in [-0.3, -0.25) is 9.97 Å². The first kappa shape index (κ1) is 22.3. The summed E-state index contributed by atoms with van der Waals surface area (Å²) in [5.41, 5.74) is 0.426. The van der Waals surface area contributed by atoms with Crippen molar-refractivity contribution in [1.82, 2.24) is 9.97 Å². The summed E-state index contributed by atoms with van der Waals surface area (Å²) in [6.07, 6.45) is 5.71. The second-order valence-electron chi connectivity index (χ2n) is 3.13. The number of hydrogen-bond acceptors (Lipinski definition) is 6. The molecule has 2 heterocycles. The van der Waals surface area contributed by atoms with Gasteiger partial charge in [0.15, 0.2) is 0 Å². The van der Waals surface area contributed by atoms with Crippen LogP contribution in [0.25, 0.3) is 0 Å². The predicted octanol–water partition coefficient (Wildman–Crippen LogP) is -3.17. The van der Waals surface area contributed by atoms with Gasteiger partial charge in [-0.1, -0.05) is 0 Å². The minimum Gasteiger partial charge on any atom is 1.00 e. The van der Waals surface area contributed by atoms with E-state index in [1.54, 1.807) is 0 Å². The Labute approximate surface area is 147 Å². The Hall–Kier alpha value is -1.96. The summed E-state index contributed by atoms with van der Waals surface area (Å²) in [6, 6.07) is 5.66. The number of nitrogens with zero attached hydrogens (tertiary/aromatic N) is 2. The zero-order chi connectivity index (χ0) is 16.1. The van der Waals surface area contributed by atoms with Crippen LogP contribution in [-0.4, -0.2) is 31.5 Å². The number of aromatic carboxylic acids is 2. The third kappa shape index (κ3) is 10.8. The van der Waals surface area contributed by atoms with Crippen molar-refractivity contribution in [2.24, 2.45) is 0 Å². The SMILES string of the molecule is O=C(O)c1ccncc1.O=C([O-])c1ccncc1.O=[C]=[Rh].[Li+]. The summed E-state index contributed by atoms with van der Waals surface area (Å²) in [5.74, 6) is -2.09. The van der Waals surface area contributed by atoms with Crippen molar-refractivity contribution in [3.8, 4) is 0 Å². The topological polar surface area (TPSA) is 120 Å². The van der Waals surface area contributed by atoms with Crippen LogP contribution in [0.4, 0.5) is 0 Å². The fraction of sp³-hybridized carbons (Fsp3) is 0. The van der Waals surface area contributed by atoms with Gasteiger partial charge in [-0.2, -0.15) is 0 Å². The first-order valence-corrected chi connectivity index (χ1v) is 6.05. The van der Waals surface area contributed by atoms with Gasteiger partial charge in [0, 0.05) is 30.4 Å². The van der Waals surface area contributed by atoms with Crippen LogP contribution in [0.3, 0.4) is 0 Å². The summed E-state index contributed by atoms with van der Waals surface area (Å²) in [4.78, 5) is 36.2. The monoisotopic (exact) mass is 383 g/mol. The average Bonchev–Trinajstić information content (AvgIpc) is 2.50. The predicted molar refractivity (Wildman–Crippen MR) is 65.5 cm³/mol. The van der Waals surface area contributed by atoms with Crippen LogP contribution in [0.2, 0.25) is 0 Å². The standard InChI is InChI=1S/2C6H5NO2.CO.Li.Rh/c2*8-6(9)5-1-3-7-4-2-5;1-2;;/h2*1-4H,(H,8,9);;;/q;;;+1;/p-1. The molecule has 0 atom stereocenters. The Balaban J connectivity index is 0. The summed E-state index contributed by atoms with van der Waals surface area (Å²) in [7, 11) is 0. The van der Waals surface area contributed by atoms with Gasteiger partial charge in [0.05, 0.1) is 11.5 Å². The molecule has 0 unspecified atom stereocenters. The van der Waals surface area contributed by atoms with Crippen LogP contribution in [0.15, 0.2) is 49.1 Å². The Morgan fingerprint density at radius 1 is 1.00 bits per heavy atom. The van der Waals surface area contributed by atoms with E-state index >= 15 is 0 Å². The van der Waals surface area contributed by atoms with Crippen LogP contribution >= 0.6 is 0 Å². The van der Waals surface area contributed by atoms with E-state index < -0.39 is 11.9 Å². The Kier molecular flexibility index (Phi) is 14.2. The van der Waals surface area contributed by atoms with Crippen molar-refractivity contribution >= 4 is 16.4 Å². The van der Waals surface area contributed by atoms with E-state index in [9.17, 15) is 14.7 Å². The van der Waals surface area contributed by atoms with Gasteiger partial charge in [-0.15, -0.1) is 0 Å². The molecule has 1 N–H and O–H groups in total. The number of rotatable bonds is 2. The molecule has 0 aliphatic rings. The van der Waals surface area contributed by atoms with E-state index in [2.05, 4.69) is 9.97 Å². The number of hydrogen-bond donors (Lipinski definition) is 1. The first-order valence-electron chi connectivity index (χ1n) is 5.23. The molecule has 0 saturated carbocycles. The van der Waals surface area contributed by atoms with Gasteiger partial charge in [-0.05, 0) is 24.3 Å². The Morgan fingerprint density at radius 2 is 1.32 bits per heavy atom. The largest absolute Gasteiger partial charge is 1.00 e. The normalized spacial score (nSPS) is 7.68. The molecule has 2 aromatic rings. The molecule has 7 nitrogen and oxygen atoms in total. The maximum atomic E-state index is 10.2. The molecule has 0 radical (unpaired) electrons. The van der Waals surface area contributed by atoms with E-state index in [4.69, 9.17) is 9.90 Å². The molecule has 0 bridgehead atoms. The maximum Gasteiger partial charge on any atom is 1.00 e. The molecule has 0 aromatic carbocycles. The van der Waals surface area contributed by atoms with E-state index in [0.717, 1.165) is 0 Å². The number of pyridine rings is 2. The fourth-order valence-corrected chi connectivity index (χ4v) is 0.982. The fourth-order valence-electron chi connectivity index (χ4n) is 0.982. The van der Waals surface area contributed by atoms with Gasteiger partial charge < -0.3 is 15.0 Å². The molecule has 9 heteroatoms. The van der Waals surface area contributed by atoms with E-state index in [1.807, 2.05) is 17.9 Å². The van der Waals surface area contributed by atoms with Crippen molar-refractivity contribution in [2.45, 2.75) is 0 Å². The van der Waals surface area contributed by atoms with Crippen LogP contribution in [0.5, 0.6) is 0 Å². The van der Waals surface area contributed by atoms with Crippen LogP contribution < -0.4 is 24.0 Å². The van der Waals surface area contributed by atoms with Crippen molar-refractivity contribution in [3.63, 3.8) is 0 Å². The van der Waals surface area contributed by atoms with Crippen LogP contribution in [0.1, 0.15) is 20.7 Å². The second-order valence-corrected chi connectivity index (χ2v) is 3.47. The summed E-state index contributed by atoms with van der Waals surface area (Å²) < 4.78 is 1.39. The van der Waals surface area contributed by atoms with Crippen molar-refractivity contribution in [1.29, 1.82) is 0 Å². The molecule has 0 spiro atoms. The van der Waals surface area contributed by atoms with E-state index in [0.29, 0.717) is 0 Å². The molecule has 0 aliphatic heterocycles. The number of carbonyl (C=O) groups is 2. The molecule has 0 amide bonds. The molecule has 22 heavy (non-hydrogen) atoms. The van der Waals surface area contributed by atoms with Crippen molar-refractivity contribution in [3.05, 3.63) is 60.2 Å². The van der Waals surface area contributed by atoms with Crippen LogP contribution in [-0.2, 0) is 22.6 Å². The quantitative estimate of drug-likeness (QED) is 0.544.